The molecule has 3 aliphatic heterocycles. The minimum Gasteiger partial charge on any atom is -0.378 e. The Morgan fingerprint density at radius 2 is 2.03 bits per heavy atom. The third-order valence-electron chi connectivity index (χ3n) is 6.76. The molecule has 158 valence electrons. The Morgan fingerprint density at radius 1 is 1.24 bits per heavy atom. The number of hydrogen-bond donors (Lipinski definition) is 1. The largest absolute Gasteiger partial charge is 0.378 e. The second-order valence-corrected chi connectivity index (χ2v) is 8.73. The number of carbonyl (C=O) groups is 2. The van der Waals surface area contributed by atoms with Crippen molar-refractivity contribution in [3.63, 3.8) is 0 Å². The van der Waals surface area contributed by atoms with E-state index in [0.717, 1.165) is 65.0 Å². The Kier molecular flexibility index (Phi) is 6.45. The molecule has 1 atom stereocenters. The van der Waals surface area contributed by atoms with Crippen molar-refractivity contribution in [2.24, 2.45) is 5.41 Å². The van der Waals surface area contributed by atoms with Gasteiger partial charge in [-0.15, -0.1) is 0 Å². The van der Waals surface area contributed by atoms with Crippen LogP contribution in [0.15, 0.2) is 24.5 Å². The van der Waals surface area contributed by atoms with Gasteiger partial charge in [0.05, 0.1) is 13.2 Å². The third kappa shape index (κ3) is 5.14. The van der Waals surface area contributed by atoms with Gasteiger partial charge < -0.3 is 19.9 Å². The smallest absolute Gasteiger partial charge is 0.224 e. The molecule has 0 bridgehead atoms. The second kappa shape index (κ2) is 9.22. The van der Waals surface area contributed by atoms with Crippen LogP contribution in [-0.4, -0.2) is 78.6 Å². The zero-order chi connectivity index (χ0) is 20.1. The van der Waals surface area contributed by atoms with Crippen molar-refractivity contribution in [3.8, 4) is 0 Å². The highest BCUT2D eigenvalue weighted by molar-refractivity contribution is 5.78. The van der Waals surface area contributed by atoms with E-state index in [4.69, 9.17) is 4.74 Å². The van der Waals surface area contributed by atoms with Gasteiger partial charge in [-0.05, 0) is 48.8 Å². The maximum absolute atomic E-state index is 12.7. The summed E-state index contributed by atoms with van der Waals surface area (Å²) in [5.41, 5.74) is 1.39. The van der Waals surface area contributed by atoms with E-state index < -0.39 is 0 Å². The fraction of sp³-hybridized carbons (Fsp3) is 0.682. The standard InChI is InChI=1S/C22H32N4O3/c27-20-1-5-22(17-26(20)11-4-18-2-8-23-9-3-18)6-12-25(13-7-22)21(28)15-19-16-29-14-10-24-19/h2-3,8-9,19,24H,1,4-7,10-17H2/t19-/m0/s1. The number of aromatic nitrogens is 1. The molecule has 3 fully saturated rings. The summed E-state index contributed by atoms with van der Waals surface area (Å²) in [6, 6.07) is 4.17. The van der Waals surface area contributed by atoms with Gasteiger partial charge in [0, 0.05) is 64.0 Å². The Bertz CT molecular complexity index is 697. The minimum absolute atomic E-state index is 0.142. The number of morpholine rings is 1. The number of likely N-dealkylation sites (tertiary alicyclic amines) is 2. The van der Waals surface area contributed by atoms with E-state index in [0.29, 0.717) is 19.4 Å². The number of carbonyl (C=O) groups excluding carboxylic acids is 2. The zero-order valence-electron chi connectivity index (χ0n) is 17.1. The Morgan fingerprint density at radius 3 is 2.76 bits per heavy atom. The maximum atomic E-state index is 12.7. The summed E-state index contributed by atoms with van der Waals surface area (Å²) in [4.78, 5) is 33.3. The number of nitrogens with one attached hydrogen (secondary N) is 1. The van der Waals surface area contributed by atoms with E-state index in [1.54, 1.807) is 12.4 Å². The van der Waals surface area contributed by atoms with E-state index in [1.807, 2.05) is 21.9 Å². The van der Waals surface area contributed by atoms with Crippen LogP contribution in [0.2, 0.25) is 0 Å². The summed E-state index contributed by atoms with van der Waals surface area (Å²) in [5, 5.41) is 3.36. The number of ether oxygens (including phenoxy) is 1. The predicted molar refractivity (Wildman–Crippen MR) is 109 cm³/mol. The van der Waals surface area contributed by atoms with E-state index in [2.05, 4.69) is 10.3 Å². The molecule has 4 heterocycles. The van der Waals surface area contributed by atoms with Gasteiger partial charge in [-0.25, -0.2) is 0 Å². The number of hydrogen-bond acceptors (Lipinski definition) is 5. The summed E-state index contributed by atoms with van der Waals surface area (Å²) in [6.07, 6.45) is 8.56. The van der Waals surface area contributed by atoms with Gasteiger partial charge in [0.15, 0.2) is 0 Å². The van der Waals surface area contributed by atoms with Crippen molar-refractivity contribution >= 4 is 11.8 Å². The van der Waals surface area contributed by atoms with Crippen LogP contribution in [-0.2, 0) is 20.7 Å². The van der Waals surface area contributed by atoms with Crippen molar-refractivity contribution < 1.29 is 14.3 Å². The molecule has 7 nitrogen and oxygen atoms in total. The molecule has 1 aromatic rings. The Balaban J connectivity index is 1.27. The molecule has 1 spiro atoms. The quantitative estimate of drug-likeness (QED) is 0.805. The number of rotatable bonds is 5. The van der Waals surface area contributed by atoms with Gasteiger partial charge in [-0.1, -0.05) is 0 Å². The molecule has 0 radical (unpaired) electrons. The lowest BCUT2D eigenvalue weighted by Gasteiger charge is -2.47. The lowest BCUT2D eigenvalue weighted by molar-refractivity contribution is -0.142. The van der Waals surface area contributed by atoms with Crippen molar-refractivity contribution in [1.82, 2.24) is 20.1 Å². The van der Waals surface area contributed by atoms with Crippen molar-refractivity contribution in [2.75, 3.05) is 45.9 Å². The van der Waals surface area contributed by atoms with Crippen molar-refractivity contribution in [2.45, 2.75) is 44.6 Å². The highest BCUT2D eigenvalue weighted by atomic mass is 16.5. The van der Waals surface area contributed by atoms with E-state index in [-0.39, 0.29) is 23.3 Å². The van der Waals surface area contributed by atoms with Crippen molar-refractivity contribution in [1.29, 1.82) is 0 Å². The third-order valence-corrected chi connectivity index (χ3v) is 6.76. The first kappa shape index (κ1) is 20.3. The summed E-state index contributed by atoms with van der Waals surface area (Å²) >= 11 is 0. The first-order valence-electron chi connectivity index (χ1n) is 10.9. The normalized spacial score (nSPS) is 24.7. The fourth-order valence-electron chi connectivity index (χ4n) is 4.85. The monoisotopic (exact) mass is 400 g/mol. The van der Waals surface area contributed by atoms with Crippen LogP contribution in [0.4, 0.5) is 0 Å². The summed E-state index contributed by atoms with van der Waals surface area (Å²) in [7, 11) is 0. The van der Waals surface area contributed by atoms with Gasteiger partial charge in [-0.2, -0.15) is 0 Å². The molecule has 1 aromatic heterocycles. The first-order valence-corrected chi connectivity index (χ1v) is 10.9. The van der Waals surface area contributed by atoms with E-state index in [1.165, 1.54) is 5.56 Å². The highest BCUT2D eigenvalue weighted by Crippen LogP contribution is 2.40. The van der Waals surface area contributed by atoms with Crippen LogP contribution in [0.3, 0.4) is 0 Å². The average Bonchev–Trinajstić information content (AvgIpc) is 2.76. The van der Waals surface area contributed by atoms with Crippen LogP contribution >= 0.6 is 0 Å². The van der Waals surface area contributed by atoms with Gasteiger partial charge in [0.2, 0.25) is 11.8 Å². The van der Waals surface area contributed by atoms with Crippen LogP contribution in [0, 0.1) is 5.41 Å². The van der Waals surface area contributed by atoms with E-state index >= 15 is 0 Å². The van der Waals surface area contributed by atoms with Gasteiger partial charge in [0.25, 0.3) is 0 Å². The molecule has 0 unspecified atom stereocenters. The molecule has 1 N–H and O–H groups in total. The number of piperidine rings is 2. The molecule has 0 saturated carbocycles. The molecular weight excluding hydrogens is 368 g/mol. The summed E-state index contributed by atoms with van der Waals surface area (Å²) in [6.45, 7) is 5.38. The Hall–Kier alpha value is -1.99. The van der Waals surface area contributed by atoms with Crippen LogP contribution in [0.1, 0.15) is 37.7 Å². The molecule has 3 aliphatic rings. The van der Waals surface area contributed by atoms with Crippen LogP contribution < -0.4 is 5.32 Å². The predicted octanol–water partition coefficient (Wildman–Crippen LogP) is 1.23. The summed E-state index contributed by atoms with van der Waals surface area (Å²) < 4.78 is 5.46. The molecule has 7 heteroatoms. The average molecular weight is 401 g/mol. The first-order chi connectivity index (χ1) is 14.1. The Labute approximate surface area is 172 Å². The molecule has 4 rings (SSSR count). The van der Waals surface area contributed by atoms with Gasteiger partial charge >= 0.3 is 0 Å². The number of nitrogens with zero attached hydrogens (tertiary/aromatic N) is 3. The zero-order valence-corrected chi connectivity index (χ0v) is 17.1. The number of amides is 2. The summed E-state index contributed by atoms with van der Waals surface area (Å²) in [5.74, 6) is 0.496. The molecule has 0 aliphatic carbocycles. The molecule has 3 saturated heterocycles. The minimum atomic E-state index is 0.142. The van der Waals surface area contributed by atoms with Gasteiger partial charge in [-0.3, -0.25) is 14.6 Å². The van der Waals surface area contributed by atoms with E-state index in [9.17, 15) is 9.59 Å². The lowest BCUT2D eigenvalue weighted by atomic mass is 9.72. The van der Waals surface area contributed by atoms with Crippen LogP contribution in [0.5, 0.6) is 0 Å². The fourth-order valence-corrected chi connectivity index (χ4v) is 4.85. The second-order valence-electron chi connectivity index (χ2n) is 8.73. The molecule has 2 amide bonds. The van der Waals surface area contributed by atoms with Crippen LogP contribution in [0.25, 0.3) is 0 Å². The number of pyridine rings is 1. The maximum Gasteiger partial charge on any atom is 0.224 e. The highest BCUT2D eigenvalue weighted by Gasteiger charge is 2.41. The lowest BCUT2D eigenvalue weighted by Crippen LogP contribution is -2.53. The molecule has 29 heavy (non-hydrogen) atoms. The van der Waals surface area contributed by atoms with Crippen molar-refractivity contribution in [3.05, 3.63) is 30.1 Å². The van der Waals surface area contributed by atoms with Gasteiger partial charge in [0.1, 0.15) is 0 Å². The molecular formula is C22H32N4O3. The molecule has 0 aromatic carbocycles. The SMILES string of the molecule is O=C(C[C@H]1COCCN1)N1CCC2(CCC(=O)N(CCc3ccncc3)C2)CC1. The topological polar surface area (TPSA) is 74.8 Å².